The van der Waals surface area contributed by atoms with E-state index in [9.17, 15) is 0 Å². The number of hydrogen-bond acceptors (Lipinski definition) is 0. The molecule has 0 nitrogen and oxygen atoms in total. The summed E-state index contributed by atoms with van der Waals surface area (Å²) in [4.78, 5) is 0. The molecule has 0 atom stereocenters. The summed E-state index contributed by atoms with van der Waals surface area (Å²) in [5.41, 5.74) is 6.87. The van der Waals surface area contributed by atoms with Crippen molar-refractivity contribution in [2.75, 3.05) is 0 Å². The lowest BCUT2D eigenvalue weighted by Gasteiger charge is -2.43. The van der Waals surface area contributed by atoms with Crippen LogP contribution in [0.2, 0.25) is 0 Å². The second-order valence-electron chi connectivity index (χ2n) is 6.72. The Kier molecular flexibility index (Phi) is 2.45. The van der Waals surface area contributed by atoms with Gasteiger partial charge in [-0.3, -0.25) is 0 Å². The zero-order valence-electron chi connectivity index (χ0n) is 11.6. The Bertz CT molecular complexity index is 381. The Labute approximate surface area is 100 Å². The minimum absolute atomic E-state index is 0.348. The number of fused-ring (bicyclic) bond motifs is 1. The van der Waals surface area contributed by atoms with Gasteiger partial charge in [-0.05, 0) is 59.8 Å². The molecule has 1 aromatic carbocycles. The van der Waals surface area contributed by atoms with E-state index in [1.807, 2.05) is 0 Å². The van der Waals surface area contributed by atoms with Crippen LogP contribution in [0.1, 0.15) is 62.8 Å². The van der Waals surface area contributed by atoms with E-state index in [0.29, 0.717) is 10.8 Å². The lowest BCUT2D eigenvalue weighted by molar-refractivity contribution is 0.329. The highest BCUT2D eigenvalue weighted by molar-refractivity contribution is 5.49. The number of rotatable bonds is 0. The molecule has 1 aromatic rings. The molecule has 0 bridgehead atoms. The molecule has 0 heterocycles. The third-order valence-corrected chi connectivity index (χ3v) is 4.35. The average molecular weight is 216 g/mol. The minimum Gasteiger partial charge on any atom is -0.0587 e. The topological polar surface area (TPSA) is 0 Å². The summed E-state index contributed by atoms with van der Waals surface area (Å²) in [7, 11) is 0. The first-order valence-corrected chi connectivity index (χ1v) is 6.37. The van der Waals surface area contributed by atoms with Crippen LogP contribution in [0.4, 0.5) is 0 Å². The predicted octanol–water partition coefficient (Wildman–Crippen LogP) is 4.65. The zero-order valence-corrected chi connectivity index (χ0v) is 11.6. The van der Waals surface area contributed by atoms with E-state index in [0.717, 1.165) is 0 Å². The number of hydrogen-bond donors (Lipinski definition) is 0. The molecule has 0 spiro atoms. The summed E-state index contributed by atoms with van der Waals surface area (Å²) >= 11 is 0. The lowest BCUT2D eigenvalue weighted by atomic mass is 9.61. The van der Waals surface area contributed by atoms with Crippen LogP contribution in [0.15, 0.2) is 12.1 Å². The van der Waals surface area contributed by atoms with Crippen molar-refractivity contribution in [3.63, 3.8) is 0 Å². The van der Waals surface area contributed by atoms with Gasteiger partial charge in [0.05, 0.1) is 0 Å². The van der Waals surface area contributed by atoms with E-state index in [1.165, 1.54) is 24.0 Å². The molecular formula is C16H24. The second-order valence-corrected chi connectivity index (χ2v) is 6.72. The van der Waals surface area contributed by atoms with Crippen molar-refractivity contribution in [2.45, 2.75) is 65.2 Å². The summed E-state index contributed by atoms with van der Waals surface area (Å²) in [6.07, 6.45) is 2.61. The summed E-state index contributed by atoms with van der Waals surface area (Å²) in [6, 6.07) is 4.58. The average Bonchev–Trinajstić information content (AvgIpc) is 2.16. The zero-order chi connectivity index (χ0) is 12.1. The second kappa shape index (κ2) is 3.35. The largest absolute Gasteiger partial charge is 0.0587 e. The van der Waals surface area contributed by atoms with Crippen LogP contribution in [0.5, 0.6) is 0 Å². The first-order valence-electron chi connectivity index (χ1n) is 6.37. The Morgan fingerprint density at radius 3 is 1.38 bits per heavy atom. The van der Waals surface area contributed by atoms with Crippen LogP contribution in [-0.4, -0.2) is 0 Å². The molecular weight excluding hydrogens is 192 g/mol. The van der Waals surface area contributed by atoms with Crippen LogP contribution in [0.25, 0.3) is 0 Å². The fourth-order valence-corrected chi connectivity index (χ4v) is 3.43. The highest BCUT2D eigenvalue weighted by Gasteiger charge is 2.38. The number of aryl methyl sites for hydroxylation is 2. The van der Waals surface area contributed by atoms with Crippen molar-refractivity contribution in [1.82, 2.24) is 0 Å². The first kappa shape index (κ1) is 11.7. The number of benzene rings is 1. The summed E-state index contributed by atoms with van der Waals surface area (Å²) in [6.45, 7) is 14.1. The third-order valence-electron chi connectivity index (χ3n) is 4.35. The van der Waals surface area contributed by atoms with Crippen LogP contribution < -0.4 is 0 Å². The van der Waals surface area contributed by atoms with Gasteiger partial charge in [0.1, 0.15) is 0 Å². The molecule has 0 radical (unpaired) electrons. The highest BCUT2D eigenvalue weighted by Crippen LogP contribution is 2.48. The Balaban J connectivity index is 2.79. The van der Waals surface area contributed by atoms with Gasteiger partial charge >= 0.3 is 0 Å². The van der Waals surface area contributed by atoms with E-state index in [-0.39, 0.29) is 0 Å². The highest BCUT2D eigenvalue weighted by atomic mass is 14.4. The van der Waals surface area contributed by atoms with E-state index in [4.69, 9.17) is 0 Å². The van der Waals surface area contributed by atoms with E-state index >= 15 is 0 Å². The Hall–Kier alpha value is -0.780. The van der Waals surface area contributed by atoms with Gasteiger partial charge in [0.25, 0.3) is 0 Å². The van der Waals surface area contributed by atoms with Crippen LogP contribution in [0, 0.1) is 13.8 Å². The van der Waals surface area contributed by atoms with Crippen LogP contribution in [-0.2, 0) is 10.8 Å². The SMILES string of the molecule is Cc1ccc(C)c2c1C(C)(C)CCC2(C)C. The Morgan fingerprint density at radius 2 is 1.06 bits per heavy atom. The summed E-state index contributed by atoms with van der Waals surface area (Å²) < 4.78 is 0. The van der Waals surface area contributed by atoms with Gasteiger partial charge in [0.15, 0.2) is 0 Å². The quantitative estimate of drug-likeness (QED) is 0.592. The smallest absolute Gasteiger partial charge is 0.00976 e. The molecule has 0 unspecified atom stereocenters. The van der Waals surface area contributed by atoms with E-state index < -0.39 is 0 Å². The van der Waals surface area contributed by atoms with E-state index in [2.05, 4.69) is 53.7 Å². The summed E-state index contributed by atoms with van der Waals surface area (Å²) in [5, 5.41) is 0. The molecule has 0 saturated carbocycles. The molecule has 0 saturated heterocycles. The predicted molar refractivity (Wildman–Crippen MR) is 71.2 cm³/mol. The molecule has 88 valence electrons. The van der Waals surface area contributed by atoms with Gasteiger partial charge in [-0.2, -0.15) is 0 Å². The van der Waals surface area contributed by atoms with Gasteiger partial charge in [0.2, 0.25) is 0 Å². The molecule has 1 aliphatic rings. The van der Waals surface area contributed by atoms with Crippen LogP contribution >= 0.6 is 0 Å². The standard InChI is InChI=1S/C16H24/c1-11-7-8-12(2)14-13(11)15(3,4)9-10-16(14,5)6/h7-8H,9-10H2,1-6H3. The van der Waals surface area contributed by atoms with Gasteiger partial charge in [0, 0.05) is 0 Å². The summed E-state index contributed by atoms with van der Waals surface area (Å²) in [5.74, 6) is 0. The van der Waals surface area contributed by atoms with Crippen molar-refractivity contribution in [3.8, 4) is 0 Å². The minimum atomic E-state index is 0.348. The molecule has 0 aromatic heterocycles. The molecule has 0 aliphatic heterocycles. The van der Waals surface area contributed by atoms with Crippen molar-refractivity contribution >= 4 is 0 Å². The maximum atomic E-state index is 2.40. The van der Waals surface area contributed by atoms with Gasteiger partial charge in [-0.15, -0.1) is 0 Å². The molecule has 2 rings (SSSR count). The van der Waals surface area contributed by atoms with Crippen molar-refractivity contribution in [1.29, 1.82) is 0 Å². The maximum Gasteiger partial charge on any atom is -0.00976 e. The van der Waals surface area contributed by atoms with Crippen molar-refractivity contribution in [3.05, 3.63) is 34.4 Å². The first-order chi connectivity index (χ1) is 7.26. The normalized spacial score (nSPS) is 21.6. The monoisotopic (exact) mass is 216 g/mol. The molecule has 16 heavy (non-hydrogen) atoms. The van der Waals surface area contributed by atoms with E-state index in [1.54, 1.807) is 11.1 Å². The lowest BCUT2D eigenvalue weighted by Crippen LogP contribution is -2.35. The molecule has 0 fully saturated rings. The van der Waals surface area contributed by atoms with Gasteiger partial charge < -0.3 is 0 Å². The maximum absolute atomic E-state index is 2.40. The van der Waals surface area contributed by atoms with Gasteiger partial charge in [-0.1, -0.05) is 39.8 Å². The molecule has 0 N–H and O–H groups in total. The van der Waals surface area contributed by atoms with Crippen molar-refractivity contribution < 1.29 is 0 Å². The molecule has 0 heteroatoms. The fourth-order valence-electron chi connectivity index (χ4n) is 3.43. The molecule has 0 amide bonds. The van der Waals surface area contributed by atoms with Crippen LogP contribution in [0.3, 0.4) is 0 Å². The van der Waals surface area contributed by atoms with Gasteiger partial charge in [-0.25, -0.2) is 0 Å². The Morgan fingerprint density at radius 1 is 0.750 bits per heavy atom. The fraction of sp³-hybridized carbons (Fsp3) is 0.625. The van der Waals surface area contributed by atoms with Crippen molar-refractivity contribution in [2.24, 2.45) is 0 Å². The third kappa shape index (κ3) is 1.59. The molecule has 1 aliphatic carbocycles.